The molecule has 0 bridgehead atoms. The number of urea groups is 1. The number of benzene rings is 2. The van der Waals surface area contributed by atoms with Crippen LogP contribution in [0.4, 0.5) is 42.5 Å². The molecule has 4 aliphatic rings. The molecule has 0 spiro atoms. The number of methoxy groups -OCH3 is 1. The van der Waals surface area contributed by atoms with Gasteiger partial charge in [0.2, 0.25) is 0 Å². The first-order valence-corrected chi connectivity index (χ1v) is 27.2. The van der Waals surface area contributed by atoms with Crippen LogP contribution in [-0.2, 0) is 38.3 Å². The van der Waals surface area contributed by atoms with Crippen molar-refractivity contribution in [1.29, 1.82) is 0 Å². The molecule has 388 valence electrons. The first-order chi connectivity index (χ1) is 35.3. The number of fused-ring (bicyclic) bond motifs is 3. The fourth-order valence-corrected chi connectivity index (χ4v) is 14.0. The summed E-state index contributed by atoms with van der Waals surface area (Å²) in [6.45, 7) is 4.90. The van der Waals surface area contributed by atoms with E-state index in [4.69, 9.17) is 31.2 Å². The molecule has 2 saturated heterocycles. The van der Waals surface area contributed by atoms with Gasteiger partial charge in [-0.05, 0) is 0 Å². The number of ether oxygens (including phenoxy) is 2. The number of nitrogens with zero attached hydrogens (tertiary/aromatic N) is 11. The number of aryl methyl sites for hydroxylation is 3. The zero-order valence-electron chi connectivity index (χ0n) is 41.4. The van der Waals surface area contributed by atoms with Crippen molar-refractivity contribution < 1.29 is 49.3 Å². The molecule has 8 heterocycles. The van der Waals surface area contributed by atoms with Crippen LogP contribution in [0.1, 0.15) is 67.0 Å². The molecule has 4 aliphatic heterocycles. The van der Waals surface area contributed by atoms with Crippen LogP contribution in [0.15, 0.2) is 53.7 Å². The Morgan fingerprint density at radius 3 is 2.45 bits per heavy atom. The summed E-state index contributed by atoms with van der Waals surface area (Å²) >= 11 is 6.42. The van der Waals surface area contributed by atoms with Gasteiger partial charge in [0.05, 0.1) is 13.3 Å². The third kappa shape index (κ3) is 10.2. The van der Waals surface area contributed by atoms with Gasteiger partial charge in [0.1, 0.15) is 0 Å². The molecule has 10 rings (SSSR count). The van der Waals surface area contributed by atoms with E-state index in [0.717, 1.165) is 93.0 Å². The number of aromatic nitrogens is 7. The standard InChI is InChI=1S/C50H59ClF2IN14O5/c1-55-43(69)28-73-42-21-30-19-33(22-41(72-5)44(30)63(4)48(42)70)59-46-38(51)25-57-49(60-46)64-14-8-32(9-15-64)54-66-17-10-34(11-18-66)68-39-12-16-65(50(71)56-2)27-37(39)47(61-68)67-13-6-7-29-20-35(31-24-58-62(3)26-31)36(45(52)53)23-40(29)67/h19-26,32,34,45H,6-18,27-28H2,1-5H3,(H,55,69)(H,56,71)(H,57,59,60)/q-1. The smallest absolute Gasteiger partial charge is 0.305 e. The van der Waals surface area contributed by atoms with Crippen molar-refractivity contribution in [2.45, 2.75) is 67.9 Å². The predicted molar refractivity (Wildman–Crippen MR) is 270 cm³/mol. The number of carbonyl (C=O) groups excluding carboxylic acids is 2. The van der Waals surface area contributed by atoms with Crippen LogP contribution < -0.4 is 62.3 Å². The van der Waals surface area contributed by atoms with E-state index >= 15 is 0 Å². The quantitative estimate of drug-likeness (QED) is 0.0869. The van der Waals surface area contributed by atoms with E-state index in [2.05, 4.69) is 43.6 Å². The van der Waals surface area contributed by atoms with Crippen LogP contribution in [0.25, 0.3) is 22.0 Å². The molecule has 3 amide bonds. The summed E-state index contributed by atoms with van der Waals surface area (Å²) in [6, 6.07) is 8.81. The number of anilines is 5. The van der Waals surface area contributed by atoms with Crippen LogP contribution in [0, 0.1) is 0 Å². The fourth-order valence-electron chi connectivity index (χ4n) is 10.5. The molecule has 0 unspecified atom stereocenters. The Bertz CT molecular complexity index is 3120. The minimum atomic E-state index is -2.68. The third-order valence-corrected chi connectivity index (χ3v) is 18.3. The number of nitrogens with one attached hydrogen (secondary N) is 3. The number of halogens is 4. The second kappa shape index (κ2) is 21.3. The number of likely N-dealkylation sites (N-methyl/N-ethyl adjacent to an activating group) is 1. The Morgan fingerprint density at radius 2 is 1.74 bits per heavy atom. The Balaban J connectivity index is 0.801. The zero-order valence-corrected chi connectivity index (χ0v) is 44.3. The van der Waals surface area contributed by atoms with Gasteiger partial charge in [0, 0.05) is 32.9 Å². The molecule has 6 aromatic rings. The van der Waals surface area contributed by atoms with Crippen molar-refractivity contribution in [1.82, 2.24) is 52.7 Å². The van der Waals surface area contributed by atoms with Gasteiger partial charge in [-0.3, -0.25) is 14.3 Å². The molecule has 23 heteroatoms. The van der Waals surface area contributed by atoms with Crippen LogP contribution in [0.2, 0.25) is 5.02 Å². The topological polar surface area (TPSA) is 185 Å². The molecular weight excluding hydrogens is 1080 g/mol. The molecule has 2 fully saturated rings. The van der Waals surface area contributed by atoms with Gasteiger partial charge >= 0.3 is 326 Å². The molecule has 4 aromatic heterocycles. The van der Waals surface area contributed by atoms with Crippen LogP contribution >= 0.6 is 11.6 Å². The SMILES string of the molecule is CNC(=O)COc1cc2cc(Nc3nc(N4CCC([I-]N5CCC(n6nc(N7CCCc8cc(-c9cnn(C)c9)c(C(F)F)cc87)c7c6CCN(C(=O)NC)C7)CC5)CC4)ncc3Cl)cc(OC)c2n(C)c1=O. The first-order valence-electron chi connectivity index (χ1n) is 24.6. The van der Waals surface area contributed by atoms with Gasteiger partial charge in [-0.1, -0.05) is 0 Å². The molecule has 0 saturated carbocycles. The van der Waals surface area contributed by atoms with Gasteiger partial charge in [0.15, 0.2) is 12.4 Å². The van der Waals surface area contributed by atoms with Crippen molar-refractivity contribution in [3.8, 4) is 22.6 Å². The minimum absolute atomic E-state index is 0.0267. The number of alkyl halides is 3. The van der Waals surface area contributed by atoms with E-state index in [9.17, 15) is 23.2 Å². The summed E-state index contributed by atoms with van der Waals surface area (Å²) < 4.78 is 49.5. The number of rotatable bonds is 13. The van der Waals surface area contributed by atoms with Gasteiger partial charge < -0.3 is 14.6 Å². The van der Waals surface area contributed by atoms with Crippen molar-refractivity contribution in [2.75, 3.05) is 82.2 Å². The molecule has 2 aromatic carbocycles. The molecule has 0 radical (unpaired) electrons. The van der Waals surface area contributed by atoms with E-state index in [-0.39, 0.29) is 57.4 Å². The van der Waals surface area contributed by atoms with Crippen molar-refractivity contribution in [3.63, 3.8) is 0 Å². The average molecular weight is 1140 g/mol. The van der Waals surface area contributed by atoms with Crippen LogP contribution in [-0.4, -0.2) is 125 Å². The van der Waals surface area contributed by atoms with Gasteiger partial charge in [-0.25, -0.2) is 8.78 Å². The van der Waals surface area contributed by atoms with Crippen LogP contribution in [0.3, 0.4) is 0 Å². The summed E-state index contributed by atoms with van der Waals surface area (Å²) in [5, 5.41) is 19.2. The Hall–Kier alpha value is -6.27. The Morgan fingerprint density at radius 1 is 0.945 bits per heavy atom. The molecule has 3 N–H and O–H groups in total. The Kier molecular flexibility index (Phi) is 14.7. The van der Waals surface area contributed by atoms with E-state index in [0.29, 0.717) is 80.2 Å². The molecule has 0 aliphatic carbocycles. The number of pyridine rings is 1. The average Bonchev–Trinajstić information content (AvgIpc) is 4.02. The number of carbonyl (C=O) groups is 2. The second-order valence-corrected chi connectivity index (χ2v) is 22.9. The van der Waals surface area contributed by atoms with E-state index in [1.54, 1.807) is 62.6 Å². The summed E-state index contributed by atoms with van der Waals surface area (Å²) in [5.74, 6) is 1.90. The zero-order chi connectivity index (χ0) is 51.1. The monoisotopic (exact) mass is 1140 g/mol. The Labute approximate surface area is 436 Å². The third-order valence-electron chi connectivity index (χ3n) is 14.3. The van der Waals surface area contributed by atoms with E-state index in [1.807, 2.05) is 17.0 Å². The number of piperidine rings is 2. The van der Waals surface area contributed by atoms with E-state index in [1.165, 1.54) is 18.7 Å². The fraction of sp³-hybridized carbons (Fsp3) is 0.460. The maximum absolute atomic E-state index is 14.8. The first kappa shape index (κ1) is 50.3. The summed E-state index contributed by atoms with van der Waals surface area (Å²) in [4.78, 5) is 53.6. The summed E-state index contributed by atoms with van der Waals surface area (Å²) in [5.41, 5.74) is 5.81. The van der Waals surface area contributed by atoms with Gasteiger partial charge in [-0.2, -0.15) is 5.10 Å². The number of hydrogen-bond donors (Lipinski definition) is 3. The summed E-state index contributed by atoms with van der Waals surface area (Å²) in [7, 11) is 8.08. The van der Waals surface area contributed by atoms with Crippen LogP contribution in [0.5, 0.6) is 11.5 Å². The second-order valence-electron chi connectivity index (χ2n) is 18.8. The maximum atomic E-state index is 14.8. The number of hydrogen-bond acceptors (Lipinski definition) is 13. The van der Waals surface area contributed by atoms with Crippen molar-refractivity contribution >= 4 is 63.4 Å². The van der Waals surface area contributed by atoms with E-state index < -0.39 is 12.0 Å². The van der Waals surface area contributed by atoms with Crippen molar-refractivity contribution in [3.05, 3.63) is 86.7 Å². The van der Waals surface area contributed by atoms with Crippen molar-refractivity contribution in [2.24, 2.45) is 14.1 Å². The normalized spacial score (nSPS) is 16.8. The molecule has 0 atom stereocenters. The van der Waals surface area contributed by atoms with Gasteiger partial charge in [-0.15, -0.1) is 0 Å². The molecule has 19 nitrogen and oxygen atoms in total. The predicted octanol–water partition coefficient (Wildman–Crippen LogP) is 3.49. The summed E-state index contributed by atoms with van der Waals surface area (Å²) in [6.07, 6.45) is 8.57. The molecular formula is C50H59ClF2IN14O5-. The molecule has 73 heavy (non-hydrogen) atoms. The minimum Gasteiger partial charge on any atom is -0.305 e. The number of amides is 3. The van der Waals surface area contributed by atoms with Gasteiger partial charge in [0.25, 0.3) is 11.5 Å².